The number of hydrogen-bond donors (Lipinski definition) is 1. The second-order valence-electron chi connectivity index (χ2n) is 6.43. The summed E-state index contributed by atoms with van der Waals surface area (Å²) >= 11 is 0. The maximum absolute atomic E-state index is 12.7. The van der Waals surface area contributed by atoms with Gasteiger partial charge in [-0.2, -0.15) is 0 Å². The van der Waals surface area contributed by atoms with E-state index in [-0.39, 0.29) is 5.78 Å². The van der Waals surface area contributed by atoms with Crippen LogP contribution in [-0.4, -0.2) is 59.2 Å². The Balaban J connectivity index is 2.11. The van der Waals surface area contributed by atoms with Gasteiger partial charge in [-0.05, 0) is 50.0 Å². The van der Waals surface area contributed by atoms with Gasteiger partial charge in [-0.1, -0.05) is 18.2 Å². The number of hydrogen-bond acceptors (Lipinski definition) is 6. The Kier molecular flexibility index (Phi) is 7.89. The highest BCUT2D eigenvalue weighted by Gasteiger charge is 2.19. The molecule has 2 rings (SSSR count). The molecule has 0 spiro atoms. The molecule has 0 saturated heterocycles. The molecule has 2 aromatic rings. The van der Waals surface area contributed by atoms with Gasteiger partial charge in [0, 0.05) is 18.8 Å². The Morgan fingerprint density at radius 2 is 1.64 bits per heavy atom. The van der Waals surface area contributed by atoms with Crippen molar-refractivity contribution >= 4 is 17.5 Å². The van der Waals surface area contributed by atoms with E-state index in [1.54, 1.807) is 18.2 Å². The number of carbonyl (C=O) groups excluding carboxylic acids is 1. The van der Waals surface area contributed by atoms with Crippen molar-refractivity contribution in [2.75, 3.05) is 53.8 Å². The van der Waals surface area contributed by atoms with Crippen LogP contribution in [0.2, 0.25) is 0 Å². The van der Waals surface area contributed by atoms with Gasteiger partial charge in [-0.3, -0.25) is 4.79 Å². The number of methoxy groups -OCH3 is 3. The van der Waals surface area contributed by atoms with E-state index >= 15 is 0 Å². The van der Waals surface area contributed by atoms with Gasteiger partial charge in [0.1, 0.15) is 0 Å². The van der Waals surface area contributed by atoms with Crippen molar-refractivity contribution < 1.29 is 19.0 Å². The monoisotopic (exact) mass is 384 g/mol. The number of benzene rings is 2. The lowest BCUT2D eigenvalue weighted by molar-refractivity contribution is 0.104. The zero-order valence-corrected chi connectivity index (χ0v) is 17.1. The number of ketones is 1. The van der Waals surface area contributed by atoms with Crippen LogP contribution in [0.25, 0.3) is 6.08 Å². The third kappa shape index (κ3) is 5.50. The summed E-state index contributed by atoms with van der Waals surface area (Å²) in [5, 5.41) is 3.36. The Morgan fingerprint density at radius 1 is 0.964 bits per heavy atom. The molecule has 0 atom stereocenters. The molecule has 1 N–H and O–H groups in total. The minimum absolute atomic E-state index is 0.175. The molecule has 0 aliphatic carbocycles. The van der Waals surface area contributed by atoms with E-state index in [1.165, 1.54) is 27.4 Å². The summed E-state index contributed by atoms with van der Waals surface area (Å²) in [7, 11) is 8.64. The SMILES string of the molecule is COc1ccc(C(=O)C=Cc2ccc(NCCN(C)C)cc2)c(OC)c1OC. The normalized spacial score (nSPS) is 10.9. The fourth-order valence-corrected chi connectivity index (χ4v) is 2.69. The highest BCUT2D eigenvalue weighted by molar-refractivity contribution is 6.09. The summed E-state index contributed by atoms with van der Waals surface area (Å²) < 4.78 is 16.0. The molecular weight excluding hydrogens is 356 g/mol. The molecule has 150 valence electrons. The van der Waals surface area contributed by atoms with E-state index in [0.717, 1.165) is 24.3 Å². The van der Waals surface area contributed by atoms with Gasteiger partial charge in [0.05, 0.1) is 26.9 Å². The lowest BCUT2D eigenvalue weighted by Gasteiger charge is -2.14. The molecule has 0 radical (unpaired) electrons. The summed E-state index contributed by atoms with van der Waals surface area (Å²) in [5.41, 5.74) is 2.40. The average molecular weight is 384 g/mol. The van der Waals surface area contributed by atoms with E-state index < -0.39 is 0 Å². The molecule has 6 heteroatoms. The summed E-state index contributed by atoms with van der Waals surface area (Å²) in [6.07, 6.45) is 3.31. The van der Waals surface area contributed by atoms with Gasteiger partial charge in [0.25, 0.3) is 0 Å². The first-order valence-corrected chi connectivity index (χ1v) is 9.00. The smallest absolute Gasteiger partial charge is 0.204 e. The van der Waals surface area contributed by atoms with E-state index in [2.05, 4.69) is 10.2 Å². The summed E-state index contributed by atoms with van der Waals surface area (Å²) in [4.78, 5) is 14.8. The first-order chi connectivity index (χ1) is 13.5. The highest BCUT2D eigenvalue weighted by atomic mass is 16.5. The molecule has 0 aromatic heterocycles. The van der Waals surface area contributed by atoms with Crippen LogP contribution < -0.4 is 19.5 Å². The van der Waals surface area contributed by atoms with E-state index in [1.807, 2.05) is 38.4 Å². The first-order valence-electron chi connectivity index (χ1n) is 9.00. The lowest BCUT2D eigenvalue weighted by atomic mass is 10.1. The van der Waals surface area contributed by atoms with Crippen molar-refractivity contribution in [3.05, 3.63) is 53.6 Å². The fourth-order valence-electron chi connectivity index (χ4n) is 2.69. The number of likely N-dealkylation sites (N-methyl/N-ethyl adjacent to an activating group) is 1. The van der Waals surface area contributed by atoms with Crippen LogP contribution in [0.4, 0.5) is 5.69 Å². The zero-order valence-electron chi connectivity index (χ0n) is 17.1. The summed E-state index contributed by atoms with van der Waals surface area (Å²) in [6, 6.07) is 11.3. The molecule has 0 bridgehead atoms. The van der Waals surface area contributed by atoms with Crippen molar-refractivity contribution in [1.82, 2.24) is 4.90 Å². The molecule has 0 fully saturated rings. The van der Waals surface area contributed by atoms with E-state index in [0.29, 0.717) is 22.8 Å². The van der Waals surface area contributed by atoms with Gasteiger partial charge < -0.3 is 24.4 Å². The second kappa shape index (κ2) is 10.4. The lowest BCUT2D eigenvalue weighted by Crippen LogP contribution is -2.20. The topological polar surface area (TPSA) is 60.0 Å². The maximum Gasteiger partial charge on any atom is 0.204 e. The number of ether oxygens (including phenoxy) is 3. The molecule has 0 aliphatic rings. The van der Waals surface area contributed by atoms with Crippen LogP contribution in [-0.2, 0) is 0 Å². The third-order valence-corrected chi connectivity index (χ3v) is 4.20. The highest BCUT2D eigenvalue weighted by Crippen LogP contribution is 2.40. The number of nitrogens with one attached hydrogen (secondary N) is 1. The molecule has 6 nitrogen and oxygen atoms in total. The van der Waals surface area contributed by atoms with Crippen LogP contribution in [0.5, 0.6) is 17.2 Å². The first kappa shape index (κ1) is 21.3. The average Bonchev–Trinajstić information content (AvgIpc) is 2.71. The van der Waals surface area contributed by atoms with Gasteiger partial charge >= 0.3 is 0 Å². The molecule has 0 heterocycles. The van der Waals surface area contributed by atoms with E-state index in [9.17, 15) is 4.79 Å². The fraction of sp³-hybridized carbons (Fsp3) is 0.318. The third-order valence-electron chi connectivity index (χ3n) is 4.20. The number of nitrogens with zero attached hydrogens (tertiary/aromatic N) is 1. The number of carbonyl (C=O) groups is 1. The van der Waals surface area contributed by atoms with Crippen LogP contribution >= 0.6 is 0 Å². The summed E-state index contributed by atoms with van der Waals surface area (Å²) in [5.74, 6) is 1.09. The van der Waals surface area contributed by atoms with Gasteiger partial charge in [0.2, 0.25) is 5.75 Å². The quantitative estimate of drug-likeness (QED) is 0.499. The van der Waals surface area contributed by atoms with Crippen molar-refractivity contribution in [2.45, 2.75) is 0 Å². The molecule has 2 aromatic carbocycles. The molecule has 0 amide bonds. The Hall–Kier alpha value is -2.99. The van der Waals surface area contributed by atoms with Crippen molar-refractivity contribution in [3.8, 4) is 17.2 Å². The van der Waals surface area contributed by atoms with Gasteiger partial charge in [0.15, 0.2) is 17.3 Å². The van der Waals surface area contributed by atoms with Crippen LogP contribution in [0, 0.1) is 0 Å². The number of rotatable bonds is 10. The zero-order chi connectivity index (χ0) is 20.5. The second-order valence-corrected chi connectivity index (χ2v) is 6.43. The molecule has 0 unspecified atom stereocenters. The van der Waals surface area contributed by atoms with Crippen LogP contribution in [0.15, 0.2) is 42.5 Å². The van der Waals surface area contributed by atoms with Crippen molar-refractivity contribution in [1.29, 1.82) is 0 Å². The Morgan fingerprint density at radius 3 is 2.21 bits per heavy atom. The van der Waals surface area contributed by atoms with Crippen molar-refractivity contribution in [2.24, 2.45) is 0 Å². The molecule has 0 aliphatic heterocycles. The maximum atomic E-state index is 12.7. The summed E-state index contributed by atoms with van der Waals surface area (Å²) in [6.45, 7) is 1.84. The van der Waals surface area contributed by atoms with Crippen LogP contribution in [0.1, 0.15) is 15.9 Å². The van der Waals surface area contributed by atoms with Gasteiger partial charge in [-0.25, -0.2) is 0 Å². The van der Waals surface area contributed by atoms with Crippen molar-refractivity contribution in [3.63, 3.8) is 0 Å². The molecular formula is C22H28N2O4. The minimum Gasteiger partial charge on any atom is -0.493 e. The predicted octanol–water partition coefficient (Wildman–Crippen LogP) is 3.58. The van der Waals surface area contributed by atoms with Crippen LogP contribution in [0.3, 0.4) is 0 Å². The molecule has 28 heavy (non-hydrogen) atoms. The standard InChI is InChI=1S/C22H28N2O4/c1-24(2)15-14-23-17-9-6-16(7-10-17)8-12-19(25)18-11-13-20(26-3)22(28-5)21(18)27-4/h6-13,23H,14-15H2,1-5H3. The molecule has 0 saturated carbocycles. The largest absolute Gasteiger partial charge is 0.493 e. The van der Waals surface area contributed by atoms with E-state index in [4.69, 9.17) is 14.2 Å². The number of anilines is 1. The predicted molar refractivity (Wildman–Crippen MR) is 113 cm³/mol. The Bertz CT molecular complexity index is 814. The van der Waals surface area contributed by atoms with Gasteiger partial charge in [-0.15, -0.1) is 0 Å². The minimum atomic E-state index is -0.175. The number of allylic oxidation sites excluding steroid dienone is 1. The Labute approximate surface area is 166 Å².